The Balaban J connectivity index is 1.16. The molecule has 0 radical (unpaired) electrons. The van der Waals surface area contributed by atoms with E-state index in [1.165, 1.54) is 43.8 Å². The third kappa shape index (κ3) is 5.41. The van der Waals surface area contributed by atoms with Gasteiger partial charge in [0.2, 0.25) is 0 Å². The van der Waals surface area contributed by atoms with Gasteiger partial charge in [-0.2, -0.15) is 0 Å². The molecule has 0 unspecified atom stereocenters. The Kier molecular flexibility index (Phi) is 7.49. The molecule has 8 aromatic carbocycles. The number of benzene rings is 8. The molecule has 0 aliphatic heterocycles. The van der Waals surface area contributed by atoms with Crippen molar-refractivity contribution in [3.8, 4) is 67.5 Å². The molecule has 0 fully saturated rings. The summed E-state index contributed by atoms with van der Waals surface area (Å²) in [6.45, 7) is 0. The SMILES string of the molecule is c1ccc(-c2ccc(-c3nc(-c4ccccc4)nc(-c4ccc(-c5c6ccccc6c(-c6ccccc6)c6ccccc56)cc4)n3)cc2)cc1. The van der Waals surface area contributed by atoms with Crippen molar-refractivity contribution in [2.45, 2.75) is 0 Å². The van der Waals surface area contributed by atoms with Crippen LogP contribution in [0.2, 0.25) is 0 Å². The number of fused-ring (bicyclic) bond motifs is 2. The lowest BCUT2D eigenvalue weighted by atomic mass is 9.86. The highest BCUT2D eigenvalue weighted by molar-refractivity contribution is 6.21. The molecule has 0 bridgehead atoms. The maximum absolute atomic E-state index is 5.03. The zero-order valence-corrected chi connectivity index (χ0v) is 27.2. The van der Waals surface area contributed by atoms with Gasteiger partial charge in [-0.15, -0.1) is 0 Å². The minimum atomic E-state index is 0.640. The predicted molar refractivity (Wildman–Crippen MR) is 207 cm³/mol. The van der Waals surface area contributed by atoms with Crippen LogP contribution in [0.5, 0.6) is 0 Å². The van der Waals surface area contributed by atoms with E-state index in [4.69, 9.17) is 15.0 Å². The van der Waals surface area contributed by atoms with Crippen LogP contribution in [-0.2, 0) is 0 Å². The van der Waals surface area contributed by atoms with Gasteiger partial charge in [0, 0.05) is 16.7 Å². The average molecular weight is 638 g/mol. The maximum Gasteiger partial charge on any atom is 0.164 e. The van der Waals surface area contributed by atoms with Gasteiger partial charge in [-0.25, -0.2) is 15.0 Å². The molecule has 0 aliphatic carbocycles. The van der Waals surface area contributed by atoms with Gasteiger partial charge in [0.05, 0.1) is 0 Å². The van der Waals surface area contributed by atoms with Crippen molar-refractivity contribution in [2.24, 2.45) is 0 Å². The van der Waals surface area contributed by atoms with Gasteiger partial charge in [0.25, 0.3) is 0 Å². The minimum absolute atomic E-state index is 0.640. The van der Waals surface area contributed by atoms with E-state index < -0.39 is 0 Å². The van der Waals surface area contributed by atoms with Crippen molar-refractivity contribution in [3.05, 3.63) is 188 Å². The Labute approximate surface area is 291 Å². The van der Waals surface area contributed by atoms with Crippen LogP contribution >= 0.6 is 0 Å². The summed E-state index contributed by atoms with van der Waals surface area (Å²) in [5.74, 6) is 1.93. The molecule has 234 valence electrons. The van der Waals surface area contributed by atoms with Crippen molar-refractivity contribution < 1.29 is 0 Å². The van der Waals surface area contributed by atoms with E-state index in [0.29, 0.717) is 17.5 Å². The summed E-state index contributed by atoms with van der Waals surface area (Å²) in [6.07, 6.45) is 0. The lowest BCUT2D eigenvalue weighted by molar-refractivity contribution is 1.07. The van der Waals surface area contributed by atoms with E-state index in [-0.39, 0.29) is 0 Å². The number of aromatic nitrogens is 3. The van der Waals surface area contributed by atoms with E-state index in [9.17, 15) is 0 Å². The third-order valence-electron chi connectivity index (χ3n) is 9.34. The number of rotatable bonds is 6. The number of hydrogen-bond acceptors (Lipinski definition) is 3. The first kappa shape index (κ1) is 29.4. The van der Waals surface area contributed by atoms with Gasteiger partial charge in [0.1, 0.15) is 0 Å². The molecular weight excluding hydrogens is 607 g/mol. The van der Waals surface area contributed by atoms with Gasteiger partial charge in [-0.1, -0.05) is 188 Å². The molecule has 0 spiro atoms. The molecule has 0 saturated heterocycles. The molecular formula is C47H31N3. The Morgan fingerprint density at radius 2 is 0.440 bits per heavy atom. The standard InChI is InChI=1S/C47H31N3/c1-4-14-32(15-5-1)33-24-28-37(29-25-33)46-48-45(36-18-8-3-9-19-36)49-47(50-46)38-30-26-35(27-31-38)44-41-22-12-10-20-39(41)43(34-16-6-2-7-17-34)40-21-11-13-23-42(40)44/h1-31H. The molecule has 0 aliphatic rings. The van der Waals surface area contributed by atoms with Crippen molar-refractivity contribution in [2.75, 3.05) is 0 Å². The molecule has 9 aromatic rings. The Morgan fingerprint density at radius 1 is 0.200 bits per heavy atom. The Bertz CT molecular complexity index is 2540. The van der Waals surface area contributed by atoms with E-state index in [1.54, 1.807) is 0 Å². The quantitative estimate of drug-likeness (QED) is 0.170. The van der Waals surface area contributed by atoms with Crippen LogP contribution in [0.25, 0.3) is 89.1 Å². The van der Waals surface area contributed by atoms with Crippen LogP contribution in [-0.4, -0.2) is 15.0 Å². The molecule has 1 heterocycles. The van der Waals surface area contributed by atoms with Crippen molar-refractivity contribution >= 4 is 21.5 Å². The fourth-order valence-electron chi connectivity index (χ4n) is 6.93. The first-order valence-electron chi connectivity index (χ1n) is 16.9. The normalized spacial score (nSPS) is 11.2. The zero-order chi connectivity index (χ0) is 33.3. The van der Waals surface area contributed by atoms with Gasteiger partial charge >= 0.3 is 0 Å². The lowest BCUT2D eigenvalue weighted by Gasteiger charge is -2.18. The largest absolute Gasteiger partial charge is 0.208 e. The second-order valence-corrected chi connectivity index (χ2v) is 12.4. The van der Waals surface area contributed by atoms with Gasteiger partial charge in [-0.05, 0) is 54.9 Å². The van der Waals surface area contributed by atoms with Crippen LogP contribution in [0.1, 0.15) is 0 Å². The first-order chi connectivity index (χ1) is 24.8. The van der Waals surface area contributed by atoms with Crippen molar-refractivity contribution in [1.29, 1.82) is 0 Å². The smallest absolute Gasteiger partial charge is 0.164 e. The summed E-state index contributed by atoms with van der Waals surface area (Å²) < 4.78 is 0. The summed E-state index contributed by atoms with van der Waals surface area (Å²) in [7, 11) is 0. The third-order valence-corrected chi connectivity index (χ3v) is 9.34. The average Bonchev–Trinajstić information content (AvgIpc) is 3.21. The highest BCUT2D eigenvalue weighted by Crippen LogP contribution is 2.43. The first-order valence-corrected chi connectivity index (χ1v) is 16.9. The van der Waals surface area contributed by atoms with E-state index in [0.717, 1.165) is 27.8 Å². The summed E-state index contributed by atoms with van der Waals surface area (Å²) in [5.41, 5.74) is 10.0. The molecule has 0 amide bonds. The van der Waals surface area contributed by atoms with Crippen LogP contribution < -0.4 is 0 Å². The van der Waals surface area contributed by atoms with Gasteiger partial charge in [0.15, 0.2) is 17.5 Å². The van der Waals surface area contributed by atoms with E-state index >= 15 is 0 Å². The molecule has 0 saturated carbocycles. The molecule has 50 heavy (non-hydrogen) atoms. The van der Waals surface area contributed by atoms with Crippen LogP contribution in [0.4, 0.5) is 0 Å². The molecule has 0 atom stereocenters. The monoisotopic (exact) mass is 637 g/mol. The van der Waals surface area contributed by atoms with Crippen LogP contribution in [0, 0.1) is 0 Å². The molecule has 3 nitrogen and oxygen atoms in total. The molecule has 1 aromatic heterocycles. The topological polar surface area (TPSA) is 38.7 Å². The Hall–Kier alpha value is -6.71. The Morgan fingerprint density at radius 3 is 0.840 bits per heavy atom. The molecule has 0 N–H and O–H groups in total. The lowest BCUT2D eigenvalue weighted by Crippen LogP contribution is -2.00. The second kappa shape index (κ2) is 12.7. The summed E-state index contributed by atoms with van der Waals surface area (Å²) in [4.78, 5) is 15.0. The van der Waals surface area contributed by atoms with Crippen molar-refractivity contribution in [3.63, 3.8) is 0 Å². The summed E-state index contributed by atoms with van der Waals surface area (Å²) in [5, 5.41) is 4.94. The minimum Gasteiger partial charge on any atom is -0.208 e. The molecule has 9 rings (SSSR count). The van der Waals surface area contributed by atoms with Crippen LogP contribution in [0.3, 0.4) is 0 Å². The fraction of sp³-hybridized carbons (Fsp3) is 0. The summed E-state index contributed by atoms with van der Waals surface area (Å²) >= 11 is 0. The summed E-state index contributed by atoms with van der Waals surface area (Å²) in [6, 6.07) is 65.8. The van der Waals surface area contributed by atoms with Gasteiger partial charge in [-0.3, -0.25) is 0 Å². The van der Waals surface area contributed by atoms with Crippen LogP contribution in [0.15, 0.2) is 188 Å². The van der Waals surface area contributed by atoms with Crippen molar-refractivity contribution in [1.82, 2.24) is 15.0 Å². The zero-order valence-electron chi connectivity index (χ0n) is 27.2. The van der Waals surface area contributed by atoms with Gasteiger partial charge < -0.3 is 0 Å². The predicted octanol–water partition coefficient (Wildman–Crippen LogP) is 12.2. The maximum atomic E-state index is 5.03. The fourth-order valence-corrected chi connectivity index (χ4v) is 6.93. The highest BCUT2D eigenvalue weighted by Gasteiger charge is 2.17. The second-order valence-electron chi connectivity index (χ2n) is 12.4. The number of nitrogens with zero attached hydrogens (tertiary/aromatic N) is 3. The highest BCUT2D eigenvalue weighted by atomic mass is 15.0. The molecule has 3 heteroatoms. The van der Waals surface area contributed by atoms with E-state index in [1.807, 2.05) is 36.4 Å². The van der Waals surface area contributed by atoms with E-state index in [2.05, 4.69) is 152 Å². The number of hydrogen-bond donors (Lipinski definition) is 0.